The van der Waals surface area contributed by atoms with Crippen LogP contribution in [0.5, 0.6) is 5.75 Å². The third-order valence-electron chi connectivity index (χ3n) is 6.99. The van der Waals surface area contributed by atoms with Gasteiger partial charge in [-0.2, -0.15) is 0 Å². The number of hydrogen-bond acceptors (Lipinski definition) is 7. The van der Waals surface area contributed by atoms with Crippen molar-refractivity contribution in [3.05, 3.63) is 71.3 Å². The van der Waals surface area contributed by atoms with E-state index < -0.39 is 0 Å². The molecule has 0 spiro atoms. The molecule has 40 heavy (non-hydrogen) atoms. The fraction of sp³-hybridized carbons (Fsp3) is 0.500. The summed E-state index contributed by atoms with van der Waals surface area (Å²) in [5.74, 6) is 0.431. The number of nitrogens with zero attached hydrogens (tertiary/aromatic N) is 2. The number of amides is 1. The Balaban J connectivity index is 0.000000222. The van der Waals surface area contributed by atoms with Gasteiger partial charge in [0.25, 0.3) is 0 Å². The van der Waals surface area contributed by atoms with E-state index in [4.69, 9.17) is 15.3 Å². The lowest BCUT2D eigenvalue weighted by molar-refractivity contribution is -0.137. The molecule has 4 N–H and O–H groups in total. The quantitative estimate of drug-likeness (QED) is 0.412. The highest BCUT2D eigenvalue weighted by Crippen LogP contribution is 2.18. The van der Waals surface area contributed by atoms with E-state index in [2.05, 4.69) is 22.3 Å². The summed E-state index contributed by atoms with van der Waals surface area (Å²) in [6, 6.07) is 15.4. The Morgan fingerprint density at radius 1 is 1.15 bits per heavy atom. The second-order valence-electron chi connectivity index (χ2n) is 10.3. The number of benzene rings is 2. The zero-order chi connectivity index (χ0) is 29.3. The maximum absolute atomic E-state index is 10.9. The number of carbonyl (C=O) groups excluding carboxylic acids is 1. The van der Waals surface area contributed by atoms with E-state index in [1.54, 1.807) is 19.2 Å². The monoisotopic (exact) mass is 552 g/mol. The number of hydrogen-bond donors (Lipinski definition) is 3. The molecule has 2 atom stereocenters. The summed E-state index contributed by atoms with van der Waals surface area (Å²) < 4.78 is 5.03. The first kappa shape index (κ1) is 33.0. The van der Waals surface area contributed by atoms with Crippen molar-refractivity contribution >= 4 is 17.3 Å². The van der Waals surface area contributed by atoms with Gasteiger partial charge in [-0.3, -0.25) is 19.5 Å². The number of methoxy groups -OCH3 is 1. The van der Waals surface area contributed by atoms with E-state index in [0.29, 0.717) is 12.4 Å². The number of phenols is 1. The molecule has 220 valence electrons. The van der Waals surface area contributed by atoms with Crippen molar-refractivity contribution in [2.24, 2.45) is 16.6 Å². The fourth-order valence-corrected chi connectivity index (χ4v) is 4.42. The number of aromatic hydroxyl groups is 1. The van der Waals surface area contributed by atoms with Crippen molar-refractivity contribution in [3.63, 3.8) is 0 Å². The van der Waals surface area contributed by atoms with E-state index in [1.165, 1.54) is 25.9 Å². The lowest BCUT2D eigenvalue weighted by atomic mass is 10.0. The predicted molar refractivity (Wildman–Crippen MR) is 163 cm³/mol. The third-order valence-corrected chi connectivity index (χ3v) is 6.99. The van der Waals surface area contributed by atoms with Crippen molar-refractivity contribution < 1.29 is 19.5 Å². The Morgan fingerprint density at radius 2 is 1.85 bits per heavy atom. The van der Waals surface area contributed by atoms with Crippen molar-refractivity contribution in [2.45, 2.75) is 65.6 Å². The van der Waals surface area contributed by atoms with Gasteiger partial charge < -0.3 is 15.6 Å². The van der Waals surface area contributed by atoms with Crippen LogP contribution in [0.15, 0.2) is 59.6 Å². The minimum Gasteiger partial charge on any atom is -0.508 e. The molecule has 2 aromatic carbocycles. The van der Waals surface area contributed by atoms with Gasteiger partial charge in [-0.05, 0) is 87.0 Å². The number of aryl methyl sites for hydroxylation is 1. The normalized spacial score (nSPS) is 20.0. The SMILES string of the molecule is CC1CCC(C)C(=O)NO1.CCc1cc(O)ccc1COC.CN=C(/C=C(\N)c1ccccc1)CN1CCCC1. The molecule has 1 amide bonds. The Morgan fingerprint density at radius 3 is 2.48 bits per heavy atom. The Bertz CT molecular complexity index is 1080. The minimum atomic E-state index is 0.00403. The minimum absolute atomic E-state index is 0.00403. The summed E-state index contributed by atoms with van der Waals surface area (Å²) in [7, 11) is 3.51. The molecule has 2 aliphatic rings. The van der Waals surface area contributed by atoms with Crippen LogP contribution in [0.2, 0.25) is 0 Å². The molecule has 2 unspecified atom stereocenters. The van der Waals surface area contributed by atoms with Crippen LogP contribution in [0.25, 0.3) is 5.70 Å². The highest BCUT2D eigenvalue weighted by Gasteiger charge is 2.19. The van der Waals surface area contributed by atoms with Crippen LogP contribution in [-0.2, 0) is 27.4 Å². The van der Waals surface area contributed by atoms with Crippen LogP contribution in [-0.4, -0.2) is 61.5 Å². The zero-order valence-corrected chi connectivity index (χ0v) is 24.9. The van der Waals surface area contributed by atoms with Gasteiger partial charge in [0.05, 0.1) is 18.4 Å². The molecular weight excluding hydrogens is 504 g/mol. The number of phenolic OH excluding ortho intramolecular Hbond substituents is 1. The van der Waals surface area contributed by atoms with Gasteiger partial charge in [0.2, 0.25) is 5.91 Å². The molecule has 0 saturated carbocycles. The third kappa shape index (κ3) is 11.9. The van der Waals surface area contributed by atoms with Gasteiger partial charge in [-0.25, -0.2) is 5.48 Å². The molecule has 0 aromatic heterocycles. The molecule has 2 aliphatic heterocycles. The largest absolute Gasteiger partial charge is 0.508 e. The zero-order valence-electron chi connectivity index (χ0n) is 24.9. The maximum atomic E-state index is 10.9. The van der Waals surface area contributed by atoms with E-state index in [9.17, 15) is 9.90 Å². The van der Waals surface area contributed by atoms with Gasteiger partial charge in [-0.15, -0.1) is 0 Å². The number of hydroxylamine groups is 1. The highest BCUT2D eigenvalue weighted by atomic mass is 16.7. The van der Waals surface area contributed by atoms with E-state index in [-0.39, 0.29) is 17.9 Å². The molecular formula is C32H48N4O4. The lowest BCUT2D eigenvalue weighted by Gasteiger charge is -2.14. The first-order chi connectivity index (χ1) is 19.3. The molecule has 4 rings (SSSR count). The number of rotatable bonds is 7. The van der Waals surface area contributed by atoms with Gasteiger partial charge in [0, 0.05) is 32.3 Å². The first-order valence-corrected chi connectivity index (χ1v) is 14.2. The average Bonchev–Trinajstić information content (AvgIpc) is 3.44. The van der Waals surface area contributed by atoms with Gasteiger partial charge >= 0.3 is 0 Å². The highest BCUT2D eigenvalue weighted by molar-refractivity contribution is 6.01. The first-order valence-electron chi connectivity index (χ1n) is 14.2. The van der Waals surface area contributed by atoms with Crippen LogP contribution in [0, 0.1) is 5.92 Å². The summed E-state index contributed by atoms with van der Waals surface area (Å²) in [4.78, 5) is 22.7. The van der Waals surface area contributed by atoms with Crippen LogP contribution in [0.1, 0.15) is 63.1 Å². The summed E-state index contributed by atoms with van der Waals surface area (Å²) in [6.45, 7) is 9.81. The van der Waals surface area contributed by atoms with E-state index in [1.807, 2.05) is 63.4 Å². The van der Waals surface area contributed by atoms with Gasteiger partial charge in [0.1, 0.15) is 5.75 Å². The molecule has 0 aliphatic carbocycles. The second-order valence-corrected chi connectivity index (χ2v) is 10.3. The van der Waals surface area contributed by atoms with Crippen molar-refractivity contribution in [1.29, 1.82) is 0 Å². The van der Waals surface area contributed by atoms with E-state index in [0.717, 1.165) is 53.9 Å². The molecule has 2 heterocycles. The maximum Gasteiger partial charge on any atom is 0.246 e. The van der Waals surface area contributed by atoms with Crippen LogP contribution >= 0.6 is 0 Å². The number of carbonyl (C=O) groups is 1. The number of nitrogens with one attached hydrogen (secondary N) is 1. The predicted octanol–water partition coefficient (Wildman–Crippen LogP) is 5.11. The van der Waals surface area contributed by atoms with Gasteiger partial charge in [0.15, 0.2) is 0 Å². The van der Waals surface area contributed by atoms with Crippen molar-refractivity contribution in [2.75, 3.05) is 33.8 Å². The number of aliphatic imine (C=N–C) groups is 1. The van der Waals surface area contributed by atoms with Crippen molar-refractivity contribution in [3.8, 4) is 5.75 Å². The fourth-order valence-electron chi connectivity index (χ4n) is 4.42. The Labute approximate surface area is 240 Å². The van der Waals surface area contributed by atoms with Crippen molar-refractivity contribution in [1.82, 2.24) is 10.4 Å². The number of likely N-dealkylation sites (tertiary alicyclic amines) is 1. The average molecular weight is 553 g/mol. The second kappa shape index (κ2) is 18.2. The summed E-state index contributed by atoms with van der Waals surface area (Å²) in [5.41, 5.74) is 13.7. The van der Waals surface area contributed by atoms with Crippen LogP contribution in [0.4, 0.5) is 0 Å². The molecule has 2 saturated heterocycles. The van der Waals surface area contributed by atoms with Crippen LogP contribution < -0.4 is 11.2 Å². The number of nitrogens with two attached hydrogens (primary N) is 1. The standard InChI is InChI=1S/C15H21N3.C10H14O2.C7H13NO2/c1-17-14(12-18-9-5-6-10-18)11-15(16)13-7-3-2-4-8-13;1-3-8-6-10(11)5-4-9(8)7-12-2;1-5-3-4-6(2)10-8-7(5)9/h2-4,7-8,11H,5-6,9-10,12,16H2,1H3;4-6,11H,3,7H2,1-2H3;5-6H,3-4H2,1-2H3,(H,8,9)/b15-11-,17-14?;;. The summed E-state index contributed by atoms with van der Waals surface area (Å²) >= 11 is 0. The molecule has 0 bridgehead atoms. The number of ether oxygens (including phenoxy) is 1. The Kier molecular flexibility index (Phi) is 15.0. The summed E-state index contributed by atoms with van der Waals surface area (Å²) in [5, 5.41) is 9.20. The Hall–Kier alpha value is -3.20. The molecule has 0 radical (unpaired) electrons. The summed E-state index contributed by atoms with van der Waals surface area (Å²) in [6.07, 6.45) is 7.56. The van der Waals surface area contributed by atoms with Crippen LogP contribution in [0.3, 0.4) is 0 Å². The molecule has 8 heteroatoms. The van der Waals surface area contributed by atoms with E-state index >= 15 is 0 Å². The lowest BCUT2D eigenvalue weighted by Crippen LogP contribution is -2.28. The molecule has 2 aromatic rings. The molecule has 2 fully saturated rings. The smallest absolute Gasteiger partial charge is 0.246 e. The molecule has 8 nitrogen and oxygen atoms in total. The van der Waals surface area contributed by atoms with Gasteiger partial charge in [-0.1, -0.05) is 50.2 Å². The topological polar surface area (TPSA) is 109 Å².